The van der Waals surface area contributed by atoms with Crippen LogP contribution in [-0.4, -0.2) is 42.0 Å². The molecule has 0 unspecified atom stereocenters. The standard InChI is InChI=1S/C22H21ClN2O4S/c1-3-28-18-10-4-15(5-11-18)12-25(2)20(26)13-29-22(27)19-14-30-21(24-19)16-6-8-17(23)9-7-16/h4-11,14H,3,12-13H2,1-2H3. The summed E-state index contributed by atoms with van der Waals surface area (Å²) in [5, 5.41) is 2.92. The summed E-state index contributed by atoms with van der Waals surface area (Å²) in [6, 6.07) is 14.7. The molecule has 6 nitrogen and oxygen atoms in total. The number of amides is 1. The summed E-state index contributed by atoms with van der Waals surface area (Å²) in [6.45, 7) is 2.58. The van der Waals surface area contributed by atoms with Gasteiger partial charge in [0, 0.05) is 29.6 Å². The Morgan fingerprint density at radius 3 is 2.47 bits per heavy atom. The maximum Gasteiger partial charge on any atom is 0.358 e. The number of carbonyl (C=O) groups excluding carboxylic acids is 2. The van der Waals surface area contributed by atoms with Gasteiger partial charge in [-0.15, -0.1) is 11.3 Å². The third kappa shape index (κ3) is 5.81. The maximum atomic E-state index is 12.3. The van der Waals surface area contributed by atoms with Crippen LogP contribution in [0.25, 0.3) is 10.6 Å². The first-order chi connectivity index (χ1) is 14.5. The molecule has 30 heavy (non-hydrogen) atoms. The molecule has 0 atom stereocenters. The lowest BCUT2D eigenvalue weighted by Gasteiger charge is -2.17. The fraction of sp³-hybridized carbons (Fsp3) is 0.227. The van der Waals surface area contributed by atoms with Gasteiger partial charge in [0.05, 0.1) is 6.61 Å². The average Bonchev–Trinajstić information content (AvgIpc) is 3.24. The summed E-state index contributed by atoms with van der Waals surface area (Å²) in [7, 11) is 1.66. The monoisotopic (exact) mass is 444 g/mol. The lowest BCUT2D eigenvalue weighted by molar-refractivity contribution is -0.133. The van der Waals surface area contributed by atoms with Crippen LogP contribution in [0.2, 0.25) is 5.02 Å². The molecule has 0 aliphatic rings. The van der Waals surface area contributed by atoms with Gasteiger partial charge in [0.25, 0.3) is 5.91 Å². The molecule has 8 heteroatoms. The highest BCUT2D eigenvalue weighted by Gasteiger charge is 2.17. The normalized spacial score (nSPS) is 10.5. The number of rotatable bonds is 8. The summed E-state index contributed by atoms with van der Waals surface area (Å²) in [6.07, 6.45) is 0. The van der Waals surface area contributed by atoms with Crippen LogP contribution >= 0.6 is 22.9 Å². The molecule has 2 aromatic carbocycles. The second-order valence-corrected chi connectivity index (χ2v) is 7.74. The van der Waals surface area contributed by atoms with E-state index in [9.17, 15) is 9.59 Å². The number of aromatic nitrogens is 1. The van der Waals surface area contributed by atoms with Gasteiger partial charge >= 0.3 is 5.97 Å². The van der Waals surface area contributed by atoms with Crippen LogP contribution in [0.3, 0.4) is 0 Å². The van der Waals surface area contributed by atoms with Crippen LogP contribution in [0.4, 0.5) is 0 Å². The molecule has 0 fully saturated rings. The average molecular weight is 445 g/mol. The minimum Gasteiger partial charge on any atom is -0.494 e. The molecule has 0 bridgehead atoms. The first-order valence-corrected chi connectivity index (χ1v) is 10.6. The van der Waals surface area contributed by atoms with Crippen molar-refractivity contribution in [3.05, 3.63) is 70.2 Å². The predicted molar refractivity (Wildman–Crippen MR) is 117 cm³/mol. The lowest BCUT2D eigenvalue weighted by Crippen LogP contribution is -2.30. The Morgan fingerprint density at radius 2 is 1.80 bits per heavy atom. The van der Waals surface area contributed by atoms with Gasteiger partial charge in [-0.1, -0.05) is 35.9 Å². The highest BCUT2D eigenvalue weighted by molar-refractivity contribution is 7.13. The third-order valence-corrected chi connectivity index (χ3v) is 5.35. The van der Waals surface area contributed by atoms with E-state index in [2.05, 4.69) is 4.98 Å². The highest BCUT2D eigenvalue weighted by atomic mass is 35.5. The van der Waals surface area contributed by atoms with E-state index in [1.165, 1.54) is 16.2 Å². The number of hydrogen-bond donors (Lipinski definition) is 0. The molecule has 0 aliphatic heterocycles. The summed E-state index contributed by atoms with van der Waals surface area (Å²) in [5.74, 6) is -0.148. The molecule has 0 radical (unpaired) electrons. The van der Waals surface area contributed by atoms with Gasteiger partial charge in [-0.25, -0.2) is 9.78 Å². The largest absolute Gasteiger partial charge is 0.494 e. The Morgan fingerprint density at radius 1 is 1.10 bits per heavy atom. The van der Waals surface area contributed by atoms with Crippen molar-refractivity contribution in [2.24, 2.45) is 0 Å². The van der Waals surface area contributed by atoms with Gasteiger partial charge in [-0.05, 0) is 36.8 Å². The van der Waals surface area contributed by atoms with E-state index in [0.29, 0.717) is 23.2 Å². The number of nitrogens with zero attached hydrogens (tertiary/aromatic N) is 2. The zero-order chi connectivity index (χ0) is 21.5. The predicted octanol–water partition coefficient (Wildman–Crippen LogP) is 4.68. The summed E-state index contributed by atoms with van der Waals surface area (Å²) < 4.78 is 10.5. The van der Waals surface area contributed by atoms with Gasteiger partial charge in [-0.3, -0.25) is 4.79 Å². The van der Waals surface area contributed by atoms with Crippen LogP contribution in [0, 0.1) is 0 Å². The van der Waals surface area contributed by atoms with Crippen LogP contribution < -0.4 is 4.74 Å². The molecule has 0 spiro atoms. The molecule has 1 heterocycles. The Kier molecular flexibility index (Phi) is 7.43. The fourth-order valence-corrected chi connectivity index (χ4v) is 3.55. The molecule has 156 valence electrons. The maximum absolute atomic E-state index is 12.3. The molecule has 3 rings (SSSR count). The van der Waals surface area contributed by atoms with Crippen molar-refractivity contribution in [1.29, 1.82) is 0 Å². The number of ether oxygens (including phenoxy) is 2. The van der Waals surface area contributed by atoms with Crippen LogP contribution in [0.5, 0.6) is 5.75 Å². The first kappa shape index (κ1) is 21.8. The topological polar surface area (TPSA) is 68.7 Å². The second kappa shape index (κ2) is 10.2. The molecular formula is C22H21ClN2O4S. The van der Waals surface area contributed by atoms with Crippen molar-refractivity contribution in [1.82, 2.24) is 9.88 Å². The minimum atomic E-state index is -0.630. The van der Waals surface area contributed by atoms with E-state index in [1.54, 1.807) is 24.6 Å². The number of esters is 1. The van der Waals surface area contributed by atoms with Crippen LogP contribution in [-0.2, 0) is 16.1 Å². The van der Waals surface area contributed by atoms with E-state index in [-0.39, 0.29) is 18.2 Å². The molecule has 0 saturated heterocycles. The van der Waals surface area contributed by atoms with Crippen molar-refractivity contribution < 1.29 is 19.1 Å². The SMILES string of the molecule is CCOc1ccc(CN(C)C(=O)COC(=O)c2csc(-c3ccc(Cl)cc3)n2)cc1. The van der Waals surface area contributed by atoms with Crippen molar-refractivity contribution in [2.75, 3.05) is 20.3 Å². The first-order valence-electron chi connectivity index (χ1n) is 9.30. The summed E-state index contributed by atoms with van der Waals surface area (Å²) >= 11 is 7.21. The Bertz CT molecular complexity index is 1000. The Hall–Kier alpha value is -2.90. The number of benzene rings is 2. The van der Waals surface area contributed by atoms with E-state index < -0.39 is 5.97 Å². The number of thiazole rings is 1. The van der Waals surface area contributed by atoms with Crippen molar-refractivity contribution in [2.45, 2.75) is 13.5 Å². The van der Waals surface area contributed by atoms with E-state index >= 15 is 0 Å². The highest BCUT2D eigenvalue weighted by Crippen LogP contribution is 2.25. The quantitative estimate of drug-likeness (QED) is 0.472. The van der Waals surface area contributed by atoms with Gasteiger partial charge in [-0.2, -0.15) is 0 Å². The second-order valence-electron chi connectivity index (χ2n) is 6.45. The van der Waals surface area contributed by atoms with E-state index in [0.717, 1.165) is 16.9 Å². The number of likely N-dealkylation sites (N-methyl/N-ethyl adjacent to an activating group) is 1. The van der Waals surface area contributed by atoms with Crippen molar-refractivity contribution >= 4 is 34.8 Å². The molecule has 1 amide bonds. The minimum absolute atomic E-state index is 0.173. The summed E-state index contributed by atoms with van der Waals surface area (Å²) in [5.41, 5.74) is 1.98. The number of hydrogen-bond acceptors (Lipinski definition) is 6. The summed E-state index contributed by atoms with van der Waals surface area (Å²) in [4.78, 5) is 30.3. The Balaban J connectivity index is 1.51. The smallest absolute Gasteiger partial charge is 0.358 e. The number of carbonyl (C=O) groups is 2. The number of halogens is 1. The van der Waals surface area contributed by atoms with Crippen LogP contribution in [0.15, 0.2) is 53.9 Å². The zero-order valence-electron chi connectivity index (χ0n) is 16.6. The van der Waals surface area contributed by atoms with E-state index in [4.69, 9.17) is 21.1 Å². The van der Waals surface area contributed by atoms with Gasteiger partial charge < -0.3 is 14.4 Å². The molecule has 0 saturated carbocycles. The van der Waals surface area contributed by atoms with Crippen molar-refractivity contribution in [3.8, 4) is 16.3 Å². The Labute approximate surface area is 184 Å². The van der Waals surface area contributed by atoms with Gasteiger partial charge in [0.1, 0.15) is 10.8 Å². The van der Waals surface area contributed by atoms with Gasteiger partial charge in [0.2, 0.25) is 0 Å². The fourth-order valence-electron chi connectivity index (χ4n) is 2.62. The van der Waals surface area contributed by atoms with Crippen LogP contribution in [0.1, 0.15) is 23.0 Å². The molecule has 0 N–H and O–H groups in total. The van der Waals surface area contributed by atoms with E-state index in [1.807, 2.05) is 43.3 Å². The molecular weight excluding hydrogens is 424 g/mol. The lowest BCUT2D eigenvalue weighted by atomic mass is 10.2. The van der Waals surface area contributed by atoms with Crippen molar-refractivity contribution in [3.63, 3.8) is 0 Å². The molecule has 3 aromatic rings. The zero-order valence-corrected chi connectivity index (χ0v) is 18.2. The van der Waals surface area contributed by atoms with Gasteiger partial charge in [0.15, 0.2) is 12.3 Å². The molecule has 0 aliphatic carbocycles. The molecule has 1 aromatic heterocycles. The third-order valence-electron chi connectivity index (χ3n) is 4.21.